The van der Waals surface area contributed by atoms with Crippen molar-refractivity contribution in [1.82, 2.24) is 15.0 Å². The molecule has 86 valence electrons. The van der Waals surface area contributed by atoms with Gasteiger partial charge in [0, 0.05) is 18.7 Å². The minimum atomic E-state index is -0.463. The van der Waals surface area contributed by atoms with Crippen LogP contribution in [0.4, 0.5) is 5.95 Å². The van der Waals surface area contributed by atoms with Crippen molar-refractivity contribution in [2.24, 2.45) is 0 Å². The second-order valence-electron chi connectivity index (χ2n) is 3.35. The van der Waals surface area contributed by atoms with E-state index >= 15 is 0 Å². The van der Waals surface area contributed by atoms with Gasteiger partial charge in [0.15, 0.2) is 11.9 Å². The Morgan fingerprint density at radius 1 is 1.53 bits per heavy atom. The van der Waals surface area contributed by atoms with E-state index in [-0.39, 0.29) is 28.5 Å². The number of anilines is 1. The lowest BCUT2D eigenvalue weighted by Crippen LogP contribution is -2.16. The van der Waals surface area contributed by atoms with Crippen LogP contribution >= 0.6 is 0 Å². The molecular weight excluding hydrogens is 224 g/mol. The van der Waals surface area contributed by atoms with E-state index in [0.717, 1.165) is 0 Å². The van der Waals surface area contributed by atoms with E-state index in [1.54, 1.807) is 0 Å². The molecule has 0 atom stereocenters. The summed E-state index contributed by atoms with van der Waals surface area (Å²) in [5.74, 6) is -0.321. The average Bonchev–Trinajstić information content (AvgIpc) is 2.28. The van der Waals surface area contributed by atoms with Crippen LogP contribution in [0.15, 0.2) is 17.1 Å². The lowest BCUT2D eigenvalue weighted by molar-refractivity contribution is -0.114. The van der Waals surface area contributed by atoms with Gasteiger partial charge >= 0.3 is 0 Å². The summed E-state index contributed by atoms with van der Waals surface area (Å²) in [6.07, 6.45) is 1.90. The molecule has 2 heterocycles. The highest BCUT2D eigenvalue weighted by molar-refractivity contribution is 5.88. The van der Waals surface area contributed by atoms with Crippen molar-refractivity contribution in [2.45, 2.75) is 6.92 Å². The summed E-state index contributed by atoms with van der Waals surface area (Å²) in [7, 11) is 0. The number of pyridine rings is 1. The number of amides is 1. The van der Waals surface area contributed by atoms with Crippen LogP contribution in [0.25, 0.3) is 11.0 Å². The molecule has 0 radical (unpaired) electrons. The molecule has 7 heteroatoms. The zero-order valence-corrected chi connectivity index (χ0v) is 8.85. The van der Waals surface area contributed by atoms with Crippen LogP contribution in [0.3, 0.4) is 0 Å². The number of aldehydes is 1. The monoisotopic (exact) mass is 232 g/mol. The summed E-state index contributed by atoms with van der Waals surface area (Å²) in [5.41, 5.74) is -0.00451. The Bertz CT molecular complexity index is 662. The molecule has 2 N–H and O–H groups in total. The Hall–Kier alpha value is -2.57. The van der Waals surface area contributed by atoms with Crippen molar-refractivity contribution in [3.8, 4) is 0 Å². The summed E-state index contributed by atoms with van der Waals surface area (Å²) in [6, 6.07) is 1.39. The number of aromatic amines is 1. The van der Waals surface area contributed by atoms with E-state index in [1.807, 2.05) is 0 Å². The van der Waals surface area contributed by atoms with Gasteiger partial charge in [0.1, 0.15) is 0 Å². The number of fused-ring (bicyclic) bond motifs is 1. The van der Waals surface area contributed by atoms with Crippen LogP contribution in [-0.4, -0.2) is 27.1 Å². The first-order valence-corrected chi connectivity index (χ1v) is 4.73. The predicted molar refractivity (Wildman–Crippen MR) is 59.8 cm³/mol. The maximum atomic E-state index is 11.6. The number of nitrogens with one attached hydrogen (secondary N) is 2. The standard InChI is InChI=1S/C10H8N4O3/c1-5(16)12-10-13-8-7(9(17)14-10)2-6(4-15)3-11-8/h2-4H,1H3,(H2,11,12,13,14,16,17). The van der Waals surface area contributed by atoms with Gasteiger partial charge in [-0.05, 0) is 6.07 Å². The molecule has 0 aliphatic carbocycles. The molecule has 0 fully saturated rings. The Morgan fingerprint density at radius 3 is 2.94 bits per heavy atom. The fourth-order valence-corrected chi connectivity index (χ4v) is 1.33. The maximum Gasteiger partial charge on any atom is 0.261 e. The number of rotatable bonds is 2. The molecule has 0 saturated heterocycles. The molecule has 1 amide bonds. The number of H-pyrrole nitrogens is 1. The maximum absolute atomic E-state index is 11.6. The van der Waals surface area contributed by atoms with Crippen molar-refractivity contribution in [1.29, 1.82) is 0 Å². The van der Waals surface area contributed by atoms with Gasteiger partial charge in [0.25, 0.3) is 5.56 Å². The highest BCUT2D eigenvalue weighted by atomic mass is 16.2. The summed E-state index contributed by atoms with van der Waals surface area (Å²) < 4.78 is 0. The van der Waals surface area contributed by atoms with Crippen molar-refractivity contribution in [2.75, 3.05) is 5.32 Å². The largest absolute Gasteiger partial charge is 0.298 e. The van der Waals surface area contributed by atoms with Crippen molar-refractivity contribution < 1.29 is 9.59 Å². The molecule has 7 nitrogen and oxygen atoms in total. The number of hydrogen-bond donors (Lipinski definition) is 2. The van der Waals surface area contributed by atoms with Crippen LogP contribution in [0.2, 0.25) is 0 Å². The van der Waals surface area contributed by atoms with Crippen LogP contribution in [-0.2, 0) is 4.79 Å². The fourth-order valence-electron chi connectivity index (χ4n) is 1.33. The zero-order valence-electron chi connectivity index (χ0n) is 8.85. The Labute approximate surface area is 94.9 Å². The number of carbonyl (C=O) groups excluding carboxylic acids is 2. The summed E-state index contributed by atoms with van der Waals surface area (Å²) in [6.45, 7) is 1.30. The van der Waals surface area contributed by atoms with Crippen molar-refractivity contribution in [3.63, 3.8) is 0 Å². The van der Waals surface area contributed by atoms with Gasteiger partial charge in [-0.15, -0.1) is 0 Å². The third-order valence-electron chi connectivity index (χ3n) is 2.01. The van der Waals surface area contributed by atoms with E-state index in [2.05, 4.69) is 20.3 Å². The van der Waals surface area contributed by atoms with Gasteiger partial charge < -0.3 is 0 Å². The Kier molecular flexibility index (Phi) is 2.65. The number of aromatic nitrogens is 3. The third kappa shape index (κ3) is 2.17. The molecule has 0 bridgehead atoms. The Morgan fingerprint density at radius 2 is 2.29 bits per heavy atom. The summed E-state index contributed by atoms with van der Waals surface area (Å²) in [4.78, 5) is 43.2. The average molecular weight is 232 g/mol. The molecule has 0 saturated carbocycles. The van der Waals surface area contributed by atoms with Gasteiger partial charge in [-0.2, -0.15) is 4.98 Å². The number of nitrogens with zero attached hydrogens (tertiary/aromatic N) is 2. The quantitative estimate of drug-likeness (QED) is 0.714. The van der Waals surface area contributed by atoms with Gasteiger partial charge in [-0.3, -0.25) is 24.7 Å². The molecule has 0 unspecified atom stereocenters. The Balaban J connectivity index is 2.63. The van der Waals surface area contributed by atoms with Crippen molar-refractivity contribution >= 4 is 29.2 Å². The predicted octanol–water partition coefficient (Wildman–Crippen LogP) is 0.0890. The molecule has 0 aliphatic rings. The lowest BCUT2D eigenvalue weighted by atomic mass is 10.2. The fraction of sp³-hybridized carbons (Fsp3) is 0.100. The van der Waals surface area contributed by atoms with Crippen LogP contribution in [0, 0.1) is 0 Å². The molecule has 0 spiro atoms. The SMILES string of the molecule is CC(=O)Nc1nc2ncc(C=O)cc2c(=O)[nH]1. The molecule has 0 aromatic carbocycles. The second-order valence-corrected chi connectivity index (χ2v) is 3.35. The van der Waals surface area contributed by atoms with E-state index in [1.165, 1.54) is 19.2 Å². The van der Waals surface area contributed by atoms with E-state index < -0.39 is 5.56 Å². The van der Waals surface area contributed by atoms with Crippen molar-refractivity contribution in [3.05, 3.63) is 28.2 Å². The van der Waals surface area contributed by atoms with Crippen LogP contribution in [0.1, 0.15) is 17.3 Å². The van der Waals surface area contributed by atoms with E-state index in [4.69, 9.17) is 0 Å². The van der Waals surface area contributed by atoms with E-state index in [0.29, 0.717) is 6.29 Å². The molecule has 2 aromatic rings. The van der Waals surface area contributed by atoms with Gasteiger partial charge in [0.05, 0.1) is 5.39 Å². The molecule has 0 aliphatic heterocycles. The molecule has 2 rings (SSSR count). The van der Waals surface area contributed by atoms with Gasteiger partial charge in [-0.25, -0.2) is 4.98 Å². The normalized spacial score (nSPS) is 10.2. The first-order valence-electron chi connectivity index (χ1n) is 4.73. The first kappa shape index (κ1) is 10.9. The first-order chi connectivity index (χ1) is 8.10. The minimum absolute atomic E-state index is 0.0290. The number of carbonyl (C=O) groups is 2. The minimum Gasteiger partial charge on any atom is -0.298 e. The highest BCUT2D eigenvalue weighted by Gasteiger charge is 2.06. The molecule has 2 aromatic heterocycles. The molecular formula is C10H8N4O3. The summed E-state index contributed by atoms with van der Waals surface area (Å²) >= 11 is 0. The lowest BCUT2D eigenvalue weighted by Gasteiger charge is -2.02. The highest BCUT2D eigenvalue weighted by Crippen LogP contribution is 2.07. The number of hydrogen-bond acceptors (Lipinski definition) is 5. The van der Waals surface area contributed by atoms with Gasteiger partial charge in [0.2, 0.25) is 11.9 Å². The topological polar surface area (TPSA) is 105 Å². The van der Waals surface area contributed by atoms with E-state index in [9.17, 15) is 14.4 Å². The smallest absolute Gasteiger partial charge is 0.261 e. The van der Waals surface area contributed by atoms with Crippen LogP contribution in [0.5, 0.6) is 0 Å². The molecule has 17 heavy (non-hydrogen) atoms. The second kappa shape index (κ2) is 4.12. The van der Waals surface area contributed by atoms with Crippen LogP contribution < -0.4 is 10.9 Å². The third-order valence-corrected chi connectivity index (χ3v) is 2.01. The summed E-state index contributed by atoms with van der Waals surface area (Å²) in [5, 5.41) is 2.55. The zero-order chi connectivity index (χ0) is 12.4. The van der Waals surface area contributed by atoms with Gasteiger partial charge in [-0.1, -0.05) is 0 Å².